The molecule has 122 valence electrons. The zero-order chi connectivity index (χ0) is 16.9. The summed E-state index contributed by atoms with van der Waals surface area (Å²) >= 11 is 0. The summed E-state index contributed by atoms with van der Waals surface area (Å²) in [6.07, 6.45) is 1.42. The number of hydrogen-bond acceptors (Lipinski definition) is 5. The van der Waals surface area contributed by atoms with Gasteiger partial charge in [0.05, 0.1) is 9.82 Å². The lowest BCUT2D eigenvalue weighted by Gasteiger charge is -2.14. The molecule has 22 heavy (non-hydrogen) atoms. The first-order chi connectivity index (χ1) is 10.2. The second-order valence-electron chi connectivity index (χ2n) is 4.86. The van der Waals surface area contributed by atoms with Gasteiger partial charge in [0.1, 0.15) is 6.04 Å². The number of nitrogens with zero attached hydrogens (tertiary/aromatic N) is 1. The molecule has 0 fully saturated rings. The van der Waals surface area contributed by atoms with E-state index in [1.807, 2.05) is 6.92 Å². The van der Waals surface area contributed by atoms with Crippen molar-refractivity contribution < 1.29 is 23.2 Å². The number of hydrogen-bond donors (Lipinski definition) is 2. The van der Waals surface area contributed by atoms with Gasteiger partial charge in [-0.25, -0.2) is 8.42 Å². The van der Waals surface area contributed by atoms with Crippen LogP contribution < -0.4 is 4.72 Å². The number of aliphatic carboxylic acids is 1. The molecule has 1 atom stereocenters. The summed E-state index contributed by atoms with van der Waals surface area (Å²) in [6, 6.07) is 2.19. The van der Waals surface area contributed by atoms with Crippen molar-refractivity contribution in [3.8, 4) is 0 Å². The fraction of sp³-hybridized carbons (Fsp3) is 0.462. The van der Waals surface area contributed by atoms with E-state index in [0.29, 0.717) is 12.0 Å². The Kier molecular flexibility index (Phi) is 6.01. The maximum absolute atomic E-state index is 12.2. The normalized spacial score (nSPS) is 12.8. The van der Waals surface area contributed by atoms with E-state index in [1.165, 1.54) is 19.1 Å². The number of carboxylic acid groups (broad SMARTS) is 1. The molecule has 2 N–H and O–H groups in total. The molecule has 0 spiro atoms. The molecule has 1 rings (SSSR count). The van der Waals surface area contributed by atoms with Gasteiger partial charge in [-0.15, -0.1) is 0 Å². The maximum Gasteiger partial charge on any atom is 0.321 e. The Labute approximate surface area is 128 Å². The lowest BCUT2D eigenvalue weighted by atomic mass is 10.1. The van der Waals surface area contributed by atoms with Crippen molar-refractivity contribution in [2.24, 2.45) is 0 Å². The molecule has 1 aromatic rings. The minimum atomic E-state index is -4.14. The van der Waals surface area contributed by atoms with Crippen LogP contribution in [0.2, 0.25) is 0 Å². The predicted octanol–water partition coefficient (Wildman–Crippen LogP) is 1.82. The van der Waals surface area contributed by atoms with E-state index in [0.717, 1.165) is 12.5 Å². The number of nitro groups is 1. The van der Waals surface area contributed by atoms with Crippen LogP contribution in [-0.2, 0) is 14.8 Å². The third-order valence-electron chi connectivity index (χ3n) is 3.13. The van der Waals surface area contributed by atoms with E-state index in [-0.39, 0.29) is 17.0 Å². The minimum absolute atomic E-state index is 0.152. The van der Waals surface area contributed by atoms with Crippen molar-refractivity contribution in [3.05, 3.63) is 33.9 Å². The average Bonchev–Trinajstić information content (AvgIpc) is 2.43. The van der Waals surface area contributed by atoms with Crippen molar-refractivity contribution in [1.29, 1.82) is 0 Å². The van der Waals surface area contributed by atoms with Gasteiger partial charge in [0.25, 0.3) is 5.69 Å². The first-order valence-electron chi connectivity index (χ1n) is 6.69. The van der Waals surface area contributed by atoms with Crippen molar-refractivity contribution in [1.82, 2.24) is 4.72 Å². The largest absolute Gasteiger partial charge is 0.480 e. The van der Waals surface area contributed by atoms with Gasteiger partial charge in [-0.05, 0) is 19.4 Å². The molecule has 0 amide bonds. The summed E-state index contributed by atoms with van der Waals surface area (Å²) in [7, 11) is -4.14. The summed E-state index contributed by atoms with van der Waals surface area (Å²) in [6.45, 7) is 3.35. The van der Waals surface area contributed by atoms with Gasteiger partial charge in [0.15, 0.2) is 0 Å². The molecule has 0 aliphatic rings. The fourth-order valence-electron chi connectivity index (χ4n) is 1.85. The number of sulfonamides is 1. The van der Waals surface area contributed by atoms with Gasteiger partial charge in [-0.1, -0.05) is 25.8 Å². The van der Waals surface area contributed by atoms with Crippen LogP contribution >= 0.6 is 0 Å². The van der Waals surface area contributed by atoms with E-state index in [9.17, 15) is 23.3 Å². The van der Waals surface area contributed by atoms with E-state index in [1.54, 1.807) is 0 Å². The topological polar surface area (TPSA) is 127 Å². The predicted molar refractivity (Wildman–Crippen MR) is 79.1 cm³/mol. The lowest BCUT2D eigenvalue weighted by Crippen LogP contribution is -2.40. The number of carboxylic acids is 1. The molecule has 1 aromatic carbocycles. The summed E-state index contributed by atoms with van der Waals surface area (Å²) in [5.41, 5.74) is -0.00646. The average molecular weight is 330 g/mol. The number of aryl methyl sites for hydroxylation is 1. The molecule has 1 unspecified atom stereocenters. The van der Waals surface area contributed by atoms with E-state index in [4.69, 9.17) is 5.11 Å². The Morgan fingerprint density at radius 2 is 2.09 bits per heavy atom. The molecule has 0 aliphatic carbocycles. The Morgan fingerprint density at radius 3 is 2.59 bits per heavy atom. The van der Waals surface area contributed by atoms with Gasteiger partial charge >= 0.3 is 5.97 Å². The number of nitrogens with one attached hydrogen (secondary N) is 1. The van der Waals surface area contributed by atoms with Gasteiger partial charge in [-0.2, -0.15) is 4.72 Å². The molecule has 0 heterocycles. The Hall–Kier alpha value is -2.00. The lowest BCUT2D eigenvalue weighted by molar-refractivity contribution is -0.385. The molecule has 0 saturated heterocycles. The molecular formula is C13H18N2O6S. The second kappa shape index (κ2) is 7.32. The summed E-state index contributed by atoms with van der Waals surface area (Å²) in [4.78, 5) is 21.0. The highest BCUT2D eigenvalue weighted by Crippen LogP contribution is 2.22. The van der Waals surface area contributed by atoms with Crippen LogP contribution in [0.15, 0.2) is 23.1 Å². The molecule has 0 bridgehead atoms. The number of benzene rings is 1. The highest BCUT2D eigenvalue weighted by atomic mass is 32.2. The summed E-state index contributed by atoms with van der Waals surface area (Å²) in [5.74, 6) is -1.28. The van der Waals surface area contributed by atoms with Crippen LogP contribution in [0, 0.1) is 17.0 Å². The van der Waals surface area contributed by atoms with Crippen molar-refractivity contribution in [3.63, 3.8) is 0 Å². The monoisotopic (exact) mass is 330 g/mol. The van der Waals surface area contributed by atoms with Crippen LogP contribution in [0.25, 0.3) is 0 Å². The molecule has 0 aromatic heterocycles. The molecule has 9 heteroatoms. The summed E-state index contributed by atoms with van der Waals surface area (Å²) < 4.78 is 26.5. The highest BCUT2D eigenvalue weighted by Gasteiger charge is 2.26. The van der Waals surface area contributed by atoms with Crippen molar-refractivity contribution in [2.45, 2.75) is 44.0 Å². The van der Waals surface area contributed by atoms with Crippen LogP contribution in [-0.4, -0.2) is 30.5 Å². The van der Waals surface area contributed by atoms with Crippen molar-refractivity contribution in [2.75, 3.05) is 0 Å². The molecular weight excluding hydrogens is 312 g/mol. The highest BCUT2D eigenvalue weighted by molar-refractivity contribution is 7.89. The smallest absolute Gasteiger partial charge is 0.321 e. The number of unbranched alkanes of at least 4 members (excludes halogenated alkanes) is 1. The summed E-state index contributed by atoms with van der Waals surface area (Å²) in [5, 5.41) is 19.9. The molecule has 0 aliphatic heterocycles. The molecule has 0 radical (unpaired) electrons. The zero-order valence-electron chi connectivity index (χ0n) is 12.3. The SMILES string of the molecule is CCCCC(NS(=O)(=O)c1ccc(C)c([N+](=O)[O-])c1)C(=O)O. The van der Waals surface area contributed by atoms with E-state index in [2.05, 4.69) is 4.72 Å². The van der Waals surface area contributed by atoms with Gasteiger partial charge in [0.2, 0.25) is 10.0 Å². The third-order valence-corrected chi connectivity index (χ3v) is 4.60. The Morgan fingerprint density at radius 1 is 1.45 bits per heavy atom. The molecule has 0 saturated carbocycles. The van der Waals surface area contributed by atoms with E-state index < -0.39 is 27.0 Å². The first kappa shape index (κ1) is 18.1. The number of rotatable bonds is 8. The number of carbonyl (C=O) groups is 1. The zero-order valence-corrected chi connectivity index (χ0v) is 13.1. The van der Waals surface area contributed by atoms with Crippen LogP contribution in [0.1, 0.15) is 31.7 Å². The quantitative estimate of drug-likeness (QED) is 0.553. The molecule has 8 nitrogen and oxygen atoms in total. The fourth-order valence-corrected chi connectivity index (χ4v) is 3.09. The first-order valence-corrected chi connectivity index (χ1v) is 8.17. The maximum atomic E-state index is 12.2. The second-order valence-corrected chi connectivity index (χ2v) is 6.57. The van der Waals surface area contributed by atoms with E-state index >= 15 is 0 Å². The van der Waals surface area contributed by atoms with Crippen molar-refractivity contribution >= 4 is 21.7 Å². The van der Waals surface area contributed by atoms with Crippen LogP contribution in [0.3, 0.4) is 0 Å². The van der Waals surface area contributed by atoms with Gasteiger partial charge in [-0.3, -0.25) is 14.9 Å². The number of nitro benzene ring substituents is 1. The minimum Gasteiger partial charge on any atom is -0.480 e. The van der Waals surface area contributed by atoms with Crippen LogP contribution in [0.4, 0.5) is 5.69 Å². The van der Waals surface area contributed by atoms with Gasteiger partial charge < -0.3 is 5.11 Å². The standard InChI is InChI=1S/C13H18N2O6S/c1-3-4-5-11(13(16)17)14-22(20,21)10-7-6-9(2)12(8-10)15(18)19/h6-8,11,14H,3-5H2,1-2H3,(H,16,17). The Bertz CT molecular complexity index is 671. The Balaban J connectivity index is 3.10. The van der Waals surface area contributed by atoms with Gasteiger partial charge in [0, 0.05) is 11.6 Å². The van der Waals surface area contributed by atoms with Crippen LogP contribution in [0.5, 0.6) is 0 Å². The third kappa shape index (κ3) is 4.50.